The maximum absolute atomic E-state index is 13.2. The maximum Gasteiger partial charge on any atom is 0.234 e. The lowest BCUT2D eigenvalue weighted by molar-refractivity contribution is -0.116. The first-order chi connectivity index (χ1) is 18.4. The number of hydrogen-bond donors (Lipinski definition) is 2. The second kappa shape index (κ2) is 11.1. The number of aromatic nitrogens is 2. The van der Waals surface area contributed by atoms with Crippen molar-refractivity contribution in [1.82, 2.24) is 10.2 Å². The molecule has 1 aliphatic carbocycles. The number of ketones is 1. The van der Waals surface area contributed by atoms with E-state index in [1.54, 1.807) is 4.90 Å². The number of carbonyl (C=O) groups is 2. The largest absolute Gasteiger partial charge is 0.384 e. The molecule has 0 radical (unpaired) electrons. The number of carbonyl (C=O) groups excluding carboxylic acids is 2. The molecular weight excluding hydrogens is 584 g/mol. The number of Topliss-reactive ketones (excluding diaryl/α,β-unsaturated/α-hetero) is 1. The molecule has 1 amide bonds. The highest BCUT2D eigenvalue weighted by atomic mass is 79.9. The summed E-state index contributed by atoms with van der Waals surface area (Å²) in [6, 6.07) is 17.5. The minimum absolute atomic E-state index is 0.0185. The van der Waals surface area contributed by atoms with Crippen LogP contribution in [0.1, 0.15) is 36.3 Å². The molecule has 3 aromatic rings. The van der Waals surface area contributed by atoms with Crippen LogP contribution in [-0.4, -0.2) is 27.6 Å². The minimum atomic E-state index is -0.512. The smallest absolute Gasteiger partial charge is 0.234 e. The molecule has 0 saturated heterocycles. The molecule has 1 aliphatic heterocycles. The van der Waals surface area contributed by atoms with Crippen LogP contribution in [0.4, 0.5) is 10.8 Å². The Hall–Kier alpha value is -3.46. The summed E-state index contributed by atoms with van der Waals surface area (Å²) in [5.41, 5.74) is 10.9. The number of hydrogen-bond acceptors (Lipinski definition) is 9. The molecule has 8 nitrogen and oxygen atoms in total. The fourth-order valence-electron chi connectivity index (χ4n) is 4.62. The van der Waals surface area contributed by atoms with Crippen molar-refractivity contribution in [2.45, 2.75) is 36.4 Å². The molecule has 3 N–H and O–H groups in total. The zero-order valence-corrected chi connectivity index (χ0v) is 23.6. The average molecular weight is 608 g/mol. The Labute approximate surface area is 236 Å². The predicted octanol–water partition coefficient (Wildman–Crippen LogP) is 5.64. The van der Waals surface area contributed by atoms with Gasteiger partial charge in [0, 0.05) is 22.2 Å². The SMILES string of the molecule is Cc1ccc(C2C(C#N)=C(N)N(c3nnc(SCC(=O)Nc4ccccc4Br)s3)C3=C2C(=O)CCC3)cc1. The highest BCUT2D eigenvalue weighted by Gasteiger charge is 2.41. The third kappa shape index (κ3) is 5.12. The monoisotopic (exact) mass is 606 g/mol. The van der Waals surface area contributed by atoms with Crippen molar-refractivity contribution in [3.8, 4) is 6.07 Å². The van der Waals surface area contributed by atoms with Gasteiger partial charge in [0.25, 0.3) is 0 Å². The summed E-state index contributed by atoms with van der Waals surface area (Å²) in [4.78, 5) is 27.4. The first kappa shape index (κ1) is 26.2. The fourth-order valence-corrected chi connectivity index (χ4v) is 6.69. The molecule has 0 bridgehead atoms. The van der Waals surface area contributed by atoms with Gasteiger partial charge in [-0.05, 0) is 53.4 Å². The van der Waals surface area contributed by atoms with Crippen molar-refractivity contribution in [2.75, 3.05) is 16.0 Å². The molecule has 0 spiro atoms. The van der Waals surface area contributed by atoms with Gasteiger partial charge in [-0.1, -0.05) is 65.1 Å². The van der Waals surface area contributed by atoms with Gasteiger partial charge in [-0.25, -0.2) is 0 Å². The molecule has 0 saturated carbocycles. The van der Waals surface area contributed by atoms with Gasteiger partial charge in [-0.15, -0.1) is 10.2 Å². The van der Waals surface area contributed by atoms with E-state index in [1.165, 1.54) is 23.1 Å². The van der Waals surface area contributed by atoms with Crippen LogP contribution in [-0.2, 0) is 9.59 Å². The minimum Gasteiger partial charge on any atom is -0.384 e. The van der Waals surface area contributed by atoms with Crippen LogP contribution in [0.5, 0.6) is 0 Å². The highest BCUT2D eigenvalue weighted by Crippen LogP contribution is 2.47. The number of nitrogens with two attached hydrogens (primary N) is 1. The van der Waals surface area contributed by atoms with Gasteiger partial charge in [0.1, 0.15) is 5.82 Å². The van der Waals surface area contributed by atoms with Crippen LogP contribution >= 0.6 is 39.0 Å². The Morgan fingerprint density at radius 3 is 2.74 bits per heavy atom. The average Bonchev–Trinajstić information content (AvgIpc) is 3.37. The standard InChI is InChI=1S/C27H23BrN6O2S2/c1-15-9-11-16(12-10-15)23-17(13-29)25(30)34(20-7-4-8-21(35)24(20)23)26-32-33-27(38-26)37-14-22(36)31-19-6-3-2-5-18(19)28/h2-3,5-6,9-12,23H,4,7-8,14,30H2,1H3,(H,31,36). The molecule has 0 fully saturated rings. The first-order valence-electron chi connectivity index (χ1n) is 11.9. The van der Waals surface area contributed by atoms with E-state index in [0.29, 0.717) is 45.6 Å². The number of rotatable bonds is 6. The number of thioether (sulfide) groups is 1. The van der Waals surface area contributed by atoms with Gasteiger partial charge >= 0.3 is 0 Å². The van der Waals surface area contributed by atoms with Crippen molar-refractivity contribution in [1.29, 1.82) is 5.26 Å². The van der Waals surface area contributed by atoms with E-state index in [2.05, 4.69) is 37.5 Å². The number of allylic oxidation sites excluding steroid dienone is 3. The van der Waals surface area contributed by atoms with E-state index in [-0.39, 0.29) is 23.3 Å². The number of para-hydroxylation sites is 1. The predicted molar refractivity (Wildman–Crippen MR) is 153 cm³/mol. The van der Waals surface area contributed by atoms with Gasteiger partial charge in [-0.2, -0.15) is 5.26 Å². The summed E-state index contributed by atoms with van der Waals surface area (Å²) in [5, 5.41) is 22.1. The van der Waals surface area contributed by atoms with E-state index >= 15 is 0 Å². The maximum atomic E-state index is 13.2. The Bertz CT molecular complexity index is 1520. The number of amides is 1. The lowest BCUT2D eigenvalue weighted by Gasteiger charge is -2.38. The summed E-state index contributed by atoms with van der Waals surface area (Å²) in [5.74, 6) is -0.267. The van der Waals surface area contributed by atoms with Gasteiger partial charge < -0.3 is 11.1 Å². The Kier molecular flexibility index (Phi) is 7.65. The van der Waals surface area contributed by atoms with E-state index in [0.717, 1.165) is 21.3 Å². The quantitative estimate of drug-likeness (QED) is 0.345. The molecule has 11 heteroatoms. The topological polar surface area (TPSA) is 125 Å². The molecule has 1 unspecified atom stereocenters. The lowest BCUT2D eigenvalue weighted by atomic mass is 9.75. The summed E-state index contributed by atoms with van der Waals surface area (Å²) in [6.07, 6.45) is 1.76. The van der Waals surface area contributed by atoms with Crippen molar-refractivity contribution in [3.63, 3.8) is 0 Å². The fraction of sp³-hybridized carbons (Fsp3) is 0.222. The highest BCUT2D eigenvalue weighted by molar-refractivity contribution is 9.10. The molecule has 5 rings (SSSR count). The third-order valence-electron chi connectivity index (χ3n) is 6.39. The normalized spacial score (nSPS) is 17.3. The molecular formula is C27H23BrN6O2S2. The zero-order chi connectivity index (χ0) is 26.8. The Morgan fingerprint density at radius 1 is 1.24 bits per heavy atom. The van der Waals surface area contributed by atoms with Crippen LogP contribution in [0, 0.1) is 18.3 Å². The number of benzene rings is 2. The van der Waals surface area contributed by atoms with Gasteiger partial charge in [0.2, 0.25) is 11.0 Å². The van der Waals surface area contributed by atoms with E-state index in [9.17, 15) is 14.9 Å². The molecule has 2 heterocycles. The van der Waals surface area contributed by atoms with E-state index in [4.69, 9.17) is 5.73 Å². The number of nitriles is 1. The van der Waals surface area contributed by atoms with Crippen LogP contribution < -0.4 is 16.0 Å². The van der Waals surface area contributed by atoms with Gasteiger partial charge in [0.05, 0.1) is 29.0 Å². The second-order valence-corrected chi connectivity index (χ2v) is 11.9. The van der Waals surface area contributed by atoms with Crippen LogP contribution in [0.3, 0.4) is 0 Å². The van der Waals surface area contributed by atoms with Gasteiger partial charge in [-0.3, -0.25) is 14.5 Å². The van der Waals surface area contributed by atoms with Crippen LogP contribution in [0.2, 0.25) is 0 Å². The number of nitrogens with one attached hydrogen (secondary N) is 1. The second-order valence-electron chi connectivity index (χ2n) is 8.89. The third-order valence-corrected chi connectivity index (χ3v) is 9.12. The van der Waals surface area contributed by atoms with Crippen molar-refractivity contribution in [2.24, 2.45) is 5.73 Å². The Morgan fingerprint density at radius 2 is 2.00 bits per heavy atom. The number of halogens is 1. The molecule has 2 aliphatic rings. The Balaban J connectivity index is 1.42. The van der Waals surface area contributed by atoms with Crippen molar-refractivity contribution in [3.05, 3.63) is 86.8 Å². The van der Waals surface area contributed by atoms with Crippen LogP contribution in [0.25, 0.3) is 0 Å². The molecule has 1 aromatic heterocycles. The molecule has 1 atom stereocenters. The van der Waals surface area contributed by atoms with Crippen molar-refractivity contribution < 1.29 is 9.59 Å². The molecule has 38 heavy (non-hydrogen) atoms. The van der Waals surface area contributed by atoms with Crippen molar-refractivity contribution >= 4 is 61.5 Å². The summed E-state index contributed by atoms with van der Waals surface area (Å²) in [6.45, 7) is 1.99. The molecule has 192 valence electrons. The summed E-state index contributed by atoms with van der Waals surface area (Å²) >= 11 is 5.96. The first-order valence-corrected chi connectivity index (χ1v) is 14.5. The number of aryl methyl sites for hydroxylation is 1. The van der Waals surface area contributed by atoms with E-state index in [1.807, 2.05) is 55.5 Å². The van der Waals surface area contributed by atoms with E-state index < -0.39 is 5.92 Å². The molecule has 2 aromatic carbocycles. The zero-order valence-electron chi connectivity index (χ0n) is 20.4. The lowest BCUT2D eigenvalue weighted by Crippen LogP contribution is -2.38. The summed E-state index contributed by atoms with van der Waals surface area (Å²) < 4.78 is 1.38. The summed E-state index contributed by atoms with van der Waals surface area (Å²) in [7, 11) is 0. The number of nitrogens with zero attached hydrogens (tertiary/aromatic N) is 4. The van der Waals surface area contributed by atoms with Crippen LogP contribution in [0.15, 0.2) is 80.0 Å². The van der Waals surface area contributed by atoms with Gasteiger partial charge in [0.15, 0.2) is 10.1 Å². The number of anilines is 2.